The molecule has 0 saturated heterocycles. The van der Waals surface area contributed by atoms with Crippen LogP contribution in [0.2, 0.25) is 0 Å². The van der Waals surface area contributed by atoms with Crippen molar-refractivity contribution in [3.63, 3.8) is 0 Å². The predicted octanol–water partition coefficient (Wildman–Crippen LogP) is 3.42. The number of halogens is 1. The average molecular weight is 388 g/mol. The number of carbonyl (C=O) groups is 2. The molecule has 0 spiro atoms. The molecular formula is C18H14BrNO4. The molecular weight excluding hydrogens is 374 g/mol. The van der Waals surface area contributed by atoms with Crippen molar-refractivity contribution in [2.24, 2.45) is 0 Å². The molecule has 1 aliphatic heterocycles. The van der Waals surface area contributed by atoms with Gasteiger partial charge in [-0.05, 0) is 29.8 Å². The number of carbonyl (C=O) groups excluding carboxylic acids is 2. The molecule has 0 atom stereocenters. The van der Waals surface area contributed by atoms with Gasteiger partial charge in [-0.3, -0.25) is 4.79 Å². The van der Waals surface area contributed by atoms with Crippen molar-refractivity contribution in [2.45, 2.75) is 6.61 Å². The van der Waals surface area contributed by atoms with Crippen molar-refractivity contribution >= 4 is 33.4 Å². The van der Waals surface area contributed by atoms with Crippen LogP contribution < -0.4 is 5.32 Å². The van der Waals surface area contributed by atoms with Crippen LogP contribution in [0.1, 0.15) is 5.56 Å². The SMILES string of the molecule is O=C1COC(Nc2ccccc2)=C1C(=O)OCc1ccc(Br)cc1. The van der Waals surface area contributed by atoms with Crippen molar-refractivity contribution in [1.82, 2.24) is 0 Å². The summed E-state index contributed by atoms with van der Waals surface area (Å²) in [6.45, 7) is -0.0839. The summed E-state index contributed by atoms with van der Waals surface area (Å²) in [6, 6.07) is 16.5. The number of ketones is 1. The number of benzene rings is 2. The number of nitrogens with one attached hydrogen (secondary N) is 1. The van der Waals surface area contributed by atoms with Gasteiger partial charge in [0.15, 0.2) is 12.2 Å². The maximum absolute atomic E-state index is 12.3. The van der Waals surface area contributed by atoms with Crippen LogP contribution in [0.15, 0.2) is 70.5 Å². The lowest BCUT2D eigenvalue weighted by Gasteiger charge is -2.09. The van der Waals surface area contributed by atoms with Gasteiger partial charge in [-0.1, -0.05) is 46.3 Å². The molecule has 122 valence electrons. The highest BCUT2D eigenvalue weighted by molar-refractivity contribution is 9.10. The van der Waals surface area contributed by atoms with Crippen molar-refractivity contribution in [1.29, 1.82) is 0 Å². The maximum atomic E-state index is 12.3. The third kappa shape index (κ3) is 3.83. The number of ether oxygens (including phenoxy) is 2. The van der Waals surface area contributed by atoms with E-state index in [0.29, 0.717) is 0 Å². The quantitative estimate of drug-likeness (QED) is 0.628. The standard InChI is InChI=1S/C18H14BrNO4/c19-13-8-6-12(7-9-13)10-24-18(22)16-15(21)11-23-17(16)20-14-4-2-1-3-5-14/h1-9,20H,10-11H2. The van der Waals surface area contributed by atoms with Gasteiger partial charge >= 0.3 is 5.97 Å². The van der Waals surface area contributed by atoms with Gasteiger partial charge in [0, 0.05) is 10.2 Å². The highest BCUT2D eigenvalue weighted by Gasteiger charge is 2.32. The van der Waals surface area contributed by atoms with Gasteiger partial charge in [-0.25, -0.2) is 4.79 Å². The van der Waals surface area contributed by atoms with E-state index >= 15 is 0 Å². The fourth-order valence-electron chi connectivity index (χ4n) is 2.17. The summed E-state index contributed by atoms with van der Waals surface area (Å²) in [5.41, 5.74) is 1.47. The lowest BCUT2D eigenvalue weighted by Crippen LogP contribution is -2.16. The smallest absolute Gasteiger partial charge is 0.347 e. The number of para-hydroxylation sites is 1. The van der Waals surface area contributed by atoms with Crippen molar-refractivity contribution in [3.8, 4) is 0 Å². The van der Waals surface area contributed by atoms with E-state index in [1.165, 1.54) is 0 Å². The van der Waals surface area contributed by atoms with Crippen LogP contribution in [0.5, 0.6) is 0 Å². The first-order valence-corrected chi connectivity index (χ1v) is 8.06. The van der Waals surface area contributed by atoms with E-state index < -0.39 is 11.8 Å². The minimum Gasteiger partial charge on any atom is -0.470 e. The van der Waals surface area contributed by atoms with Crippen LogP contribution in [0.3, 0.4) is 0 Å². The molecule has 24 heavy (non-hydrogen) atoms. The number of hydrogen-bond donors (Lipinski definition) is 1. The molecule has 2 aromatic carbocycles. The number of anilines is 1. The molecule has 2 aromatic rings. The molecule has 1 aliphatic rings. The van der Waals surface area contributed by atoms with E-state index in [9.17, 15) is 9.59 Å². The van der Waals surface area contributed by atoms with E-state index in [0.717, 1.165) is 15.7 Å². The average Bonchev–Trinajstić information content (AvgIpc) is 2.95. The molecule has 0 saturated carbocycles. The first-order valence-electron chi connectivity index (χ1n) is 7.27. The molecule has 0 aromatic heterocycles. The molecule has 1 N–H and O–H groups in total. The first kappa shape index (κ1) is 16.3. The second-order valence-corrected chi connectivity index (χ2v) is 6.03. The minimum atomic E-state index is -0.696. The van der Waals surface area contributed by atoms with Crippen molar-refractivity contribution in [2.75, 3.05) is 11.9 Å². The molecule has 0 bridgehead atoms. The second-order valence-electron chi connectivity index (χ2n) is 5.11. The molecule has 0 unspecified atom stereocenters. The van der Waals surface area contributed by atoms with Crippen LogP contribution in [0.25, 0.3) is 0 Å². The Labute approximate surface area is 147 Å². The largest absolute Gasteiger partial charge is 0.470 e. The van der Waals surface area contributed by atoms with E-state index in [1.54, 1.807) is 0 Å². The number of rotatable bonds is 5. The normalized spacial score (nSPS) is 13.6. The van der Waals surface area contributed by atoms with Crippen LogP contribution in [-0.2, 0) is 25.7 Å². The van der Waals surface area contributed by atoms with Gasteiger partial charge in [0.25, 0.3) is 0 Å². The Morgan fingerprint density at radius 1 is 1.12 bits per heavy atom. The fraction of sp³-hybridized carbons (Fsp3) is 0.111. The number of Topliss-reactive ketones (excluding diaryl/α,β-unsaturated/α-hetero) is 1. The third-order valence-electron chi connectivity index (χ3n) is 3.37. The monoisotopic (exact) mass is 387 g/mol. The lowest BCUT2D eigenvalue weighted by molar-refractivity contribution is -0.141. The molecule has 0 fully saturated rings. The minimum absolute atomic E-state index is 0.0848. The summed E-state index contributed by atoms with van der Waals surface area (Å²) in [5.74, 6) is -0.958. The Balaban J connectivity index is 1.71. The molecule has 3 rings (SSSR count). The summed E-state index contributed by atoms with van der Waals surface area (Å²) >= 11 is 3.34. The Hall–Kier alpha value is -2.60. The fourth-order valence-corrected chi connectivity index (χ4v) is 2.43. The zero-order chi connectivity index (χ0) is 16.9. The Morgan fingerprint density at radius 3 is 2.54 bits per heavy atom. The molecule has 0 radical (unpaired) electrons. The summed E-state index contributed by atoms with van der Waals surface area (Å²) in [5, 5.41) is 2.94. The van der Waals surface area contributed by atoms with E-state index in [4.69, 9.17) is 9.47 Å². The van der Waals surface area contributed by atoms with Crippen molar-refractivity contribution < 1.29 is 19.1 Å². The van der Waals surface area contributed by atoms with E-state index in [-0.39, 0.29) is 24.7 Å². The van der Waals surface area contributed by atoms with E-state index in [2.05, 4.69) is 21.2 Å². The Morgan fingerprint density at radius 2 is 1.83 bits per heavy atom. The molecule has 0 aliphatic carbocycles. The Bertz CT molecular complexity index is 784. The zero-order valence-electron chi connectivity index (χ0n) is 12.6. The van der Waals surface area contributed by atoms with Crippen LogP contribution in [-0.4, -0.2) is 18.4 Å². The summed E-state index contributed by atoms with van der Waals surface area (Å²) in [6.07, 6.45) is 0. The van der Waals surface area contributed by atoms with Gasteiger partial charge < -0.3 is 14.8 Å². The summed E-state index contributed by atoms with van der Waals surface area (Å²) in [7, 11) is 0. The van der Waals surface area contributed by atoms with Gasteiger partial charge in [0.2, 0.25) is 11.7 Å². The zero-order valence-corrected chi connectivity index (χ0v) is 14.2. The Kier molecular flexibility index (Phi) is 4.96. The number of hydrogen-bond acceptors (Lipinski definition) is 5. The molecule has 6 heteroatoms. The predicted molar refractivity (Wildman–Crippen MR) is 92.0 cm³/mol. The third-order valence-corrected chi connectivity index (χ3v) is 3.90. The first-order chi connectivity index (χ1) is 11.6. The van der Waals surface area contributed by atoms with Crippen molar-refractivity contribution in [3.05, 3.63) is 76.1 Å². The summed E-state index contributed by atoms with van der Waals surface area (Å²) < 4.78 is 11.5. The maximum Gasteiger partial charge on any atom is 0.347 e. The van der Waals surface area contributed by atoms with Crippen LogP contribution in [0.4, 0.5) is 5.69 Å². The van der Waals surface area contributed by atoms with Gasteiger partial charge in [-0.2, -0.15) is 0 Å². The highest BCUT2D eigenvalue weighted by atomic mass is 79.9. The molecule has 1 heterocycles. The highest BCUT2D eigenvalue weighted by Crippen LogP contribution is 2.21. The summed E-state index contributed by atoms with van der Waals surface area (Å²) in [4.78, 5) is 24.2. The van der Waals surface area contributed by atoms with Crippen LogP contribution in [0, 0.1) is 0 Å². The van der Waals surface area contributed by atoms with Gasteiger partial charge in [0.05, 0.1) is 0 Å². The molecule has 0 amide bonds. The van der Waals surface area contributed by atoms with Crippen LogP contribution >= 0.6 is 15.9 Å². The van der Waals surface area contributed by atoms with Gasteiger partial charge in [-0.15, -0.1) is 0 Å². The number of esters is 1. The lowest BCUT2D eigenvalue weighted by atomic mass is 10.2. The van der Waals surface area contributed by atoms with Gasteiger partial charge in [0.1, 0.15) is 6.61 Å². The topological polar surface area (TPSA) is 64.6 Å². The molecule has 5 nitrogen and oxygen atoms in total. The van der Waals surface area contributed by atoms with E-state index in [1.807, 2.05) is 54.6 Å². The second kappa shape index (κ2) is 7.31.